The van der Waals surface area contributed by atoms with Crippen LogP contribution in [0.1, 0.15) is 12.5 Å². The second-order valence-corrected chi connectivity index (χ2v) is 4.64. The van der Waals surface area contributed by atoms with Gasteiger partial charge in [-0.05, 0) is 53.6 Å². The molecule has 0 aromatic heterocycles. The Morgan fingerprint density at radius 1 is 1.25 bits per heavy atom. The summed E-state index contributed by atoms with van der Waals surface area (Å²) in [5, 5.41) is 0. The highest BCUT2D eigenvalue weighted by atomic mass is 127. The van der Waals surface area contributed by atoms with Crippen LogP contribution in [0.3, 0.4) is 0 Å². The van der Waals surface area contributed by atoms with Crippen LogP contribution in [0.5, 0.6) is 11.5 Å². The van der Waals surface area contributed by atoms with Crippen molar-refractivity contribution in [3.63, 3.8) is 0 Å². The molecule has 5 heteroatoms. The highest BCUT2D eigenvalue weighted by molar-refractivity contribution is 14.1. The van der Waals surface area contributed by atoms with Crippen LogP contribution in [0.15, 0.2) is 12.1 Å². The lowest BCUT2D eigenvalue weighted by Crippen LogP contribution is -3.00. The summed E-state index contributed by atoms with van der Waals surface area (Å²) in [4.78, 5) is 0. The second kappa shape index (κ2) is 7.19. The van der Waals surface area contributed by atoms with E-state index in [0.29, 0.717) is 0 Å². The topological polar surface area (TPSA) is 44.5 Å². The Kier molecular flexibility index (Phi) is 7.10. The summed E-state index contributed by atoms with van der Waals surface area (Å²) in [7, 11) is 3.34. The fourth-order valence-electron chi connectivity index (χ4n) is 1.43. The van der Waals surface area contributed by atoms with Gasteiger partial charge in [0.2, 0.25) is 0 Å². The van der Waals surface area contributed by atoms with Gasteiger partial charge in [0.1, 0.15) is 11.5 Å². The summed E-state index contributed by atoms with van der Waals surface area (Å²) < 4.78 is 11.6. The first-order valence-electron chi connectivity index (χ1n) is 4.74. The average Bonchev–Trinajstić information content (AvgIpc) is 2.19. The van der Waals surface area contributed by atoms with Gasteiger partial charge in [-0.15, -0.1) is 0 Å². The molecule has 1 aromatic rings. The third-order valence-electron chi connectivity index (χ3n) is 2.10. The molecule has 0 saturated carbocycles. The van der Waals surface area contributed by atoms with Gasteiger partial charge in [-0.3, -0.25) is 0 Å². The lowest BCUT2D eigenvalue weighted by Gasteiger charge is -2.13. The van der Waals surface area contributed by atoms with E-state index >= 15 is 0 Å². The molecule has 1 aromatic carbocycles. The van der Waals surface area contributed by atoms with E-state index < -0.39 is 0 Å². The summed E-state index contributed by atoms with van der Waals surface area (Å²) >= 11 is 2.22. The molecule has 0 heterocycles. The van der Waals surface area contributed by atoms with Crippen molar-refractivity contribution >= 4 is 22.6 Å². The van der Waals surface area contributed by atoms with Gasteiger partial charge in [0, 0.05) is 6.04 Å². The maximum absolute atomic E-state index is 5.78. The van der Waals surface area contributed by atoms with Crippen molar-refractivity contribution in [1.29, 1.82) is 0 Å². The van der Waals surface area contributed by atoms with E-state index in [1.807, 2.05) is 19.1 Å². The van der Waals surface area contributed by atoms with Gasteiger partial charge in [-0.1, -0.05) is 0 Å². The molecule has 0 amide bonds. The van der Waals surface area contributed by atoms with Crippen LogP contribution in [0.2, 0.25) is 0 Å². The third kappa shape index (κ3) is 3.99. The summed E-state index contributed by atoms with van der Waals surface area (Å²) in [5.74, 6) is 1.74. The van der Waals surface area contributed by atoms with Gasteiger partial charge in [0.15, 0.2) is 0 Å². The predicted molar refractivity (Wildman–Crippen MR) is 69.6 cm³/mol. The zero-order valence-corrected chi connectivity index (χ0v) is 12.5. The number of nitrogens with two attached hydrogens (primary N) is 1. The number of methoxy groups -OCH3 is 2. The van der Waals surface area contributed by atoms with Gasteiger partial charge >= 0.3 is 0 Å². The summed E-state index contributed by atoms with van der Waals surface area (Å²) in [5.41, 5.74) is 6.87. The molecular formula is C11H16ClINO2-. The Morgan fingerprint density at radius 2 is 1.81 bits per heavy atom. The summed E-state index contributed by atoms with van der Waals surface area (Å²) in [6, 6.07) is 4.07. The minimum absolute atomic E-state index is 0. The van der Waals surface area contributed by atoms with Crippen molar-refractivity contribution in [2.75, 3.05) is 14.2 Å². The van der Waals surface area contributed by atoms with E-state index in [2.05, 4.69) is 22.6 Å². The predicted octanol–water partition coefficient (Wildman–Crippen LogP) is -0.798. The van der Waals surface area contributed by atoms with Crippen molar-refractivity contribution < 1.29 is 21.9 Å². The van der Waals surface area contributed by atoms with Crippen LogP contribution < -0.4 is 27.6 Å². The average molecular weight is 357 g/mol. The van der Waals surface area contributed by atoms with Crippen molar-refractivity contribution in [3.8, 4) is 11.5 Å². The lowest BCUT2D eigenvalue weighted by molar-refractivity contribution is -0.00000387. The molecule has 2 N–H and O–H groups in total. The SMILES string of the molecule is COc1cc(C[C@@H](C)N)c(OC)cc1I.[Cl-]. The van der Waals surface area contributed by atoms with Crippen LogP contribution in [0.25, 0.3) is 0 Å². The smallest absolute Gasteiger partial charge is 0.132 e. The molecule has 0 unspecified atom stereocenters. The molecule has 0 aliphatic rings. The fourth-order valence-corrected chi connectivity index (χ4v) is 2.09. The van der Waals surface area contributed by atoms with E-state index in [0.717, 1.165) is 27.1 Å². The molecule has 92 valence electrons. The molecule has 0 radical (unpaired) electrons. The van der Waals surface area contributed by atoms with E-state index in [4.69, 9.17) is 15.2 Å². The lowest BCUT2D eigenvalue weighted by atomic mass is 10.1. The molecule has 3 nitrogen and oxygen atoms in total. The summed E-state index contributed by atoms with van der Waals surface area (Å²) in [6.07, 6.45) is 0.788. The Morgan fingerprint density at radius 3 is 2.25 bits per heavy atom. The monoisotopic (exact) mass is 356 g/mol. The van der Waals surface area contributed by atoms with Crippen molar-refractivity contribution in [3.05, 3.63) is 21.3 Å². The van der Waals surface area contributed by atoms with Crippen LogP contribution in [0, 0.1) is 3.57 Å². The van der Waals surface area contributed by atoms with Gasteiger partial charge in [0.05, 0.1) is 17.8 Å². The number of halogens is 2. The normalized spacial score (nSPS) is 11.6. The first kappa shape index (κ1) is 15.8. The number of benzene rings is 1. The number of hydrogen-bond acceptors (Lipinski definition) is 3. The minimum Gasteiger partial charge on any atom is -1.00 e. The third-order valence-corrected chi connectivity index (χ3v) is 2.94. The second-order valence-electron chi connectivity index (χ2n) is 3.48. The van der Waals surface area contributed by atoms with E-state index in [-0.39, 0.29) is 18.4 Å². The minimum atomic E-state index is 0. The first-order chi connectivity index (χ1) is 7.08. The Bertz CT molecular complexity index is 345. The van der Waals surface area contributed by atoms with Crippen LogP contribution in [0.4, 0.5) is 0 Å². The Labute approximate surface area is 116 Å². The maximum Gasteiger partial charge on any atom is 0.132 e. The number of rotatable bonds is 4. The Balaban J connectivity index is 0.00000225. The van der Waals surface area contributed by atoms with Gasteiger partial charge in [-0.25, -0.2) is 0 Å². The zero-order valence-electron chi connectivity index (χ0n) is 9.59. The zero-order chi connectivity index (χ0) is 11.4. The highest BCUT2D eigenvalue weighted by Crippen LogP contribution is 2.30. The van der Waals surface area contributed by atoms with E-state index in [1.54, 1.807) is 14.2 Å². The van der Waals surface area contributed by atoms with E-state index in [9.17, 15) is 0 Å². The first-order valence-corrected chi connectivity index (χ1v) is 5.82. The van der Waals surface area contributed by atoms with Gasteiger partial charge in [-0.2, -0.15) is 0 Å². The van der Waals surface area contributed by atoms with Crippen LogP contribution in [-0.4, -0.2) is 20.3 Å². The van der Waals surface area contributed by atoms with Crippen LogP contribution in [-0.2, 0) is 6.42 Å². The molecule has 0 fully saturated rings. The van der Waals surface area contributed by atoms with Crippen molar-refractivity contribution in [1.82, 2.24) is 0 Å². The van der Waals surface area contributed by atoms with Gasteiger partial charge < -0.3 is 27.6 Å². The summed E-state index contributed by atoms with van der Waals surface area (Å²) in [6.45, 7) is 1.98. The standard InChI is InChI=1S/C11H16INO2.ClH/c1-7(13)4-8-5-11(15-3)9(12)6-10(8)14-2;/h5-7H,4,13H2,1-3H3;1H/p-1/t7-;/m1./s1. The quantitative estimate of drug-likeness (QED) is 0.719. The molecule has 1 atom stereocenters. The largest absolute Gasteiger partial charge is 1.00 e. The van der Waals surface area contributed by atoms with E-state index in [1.165, 1.54) is 0 Å². The number of ether oxygens (including phenoxy) is 2. The Hall–Kier alpha value is -0.200. The molecule has 1 rings (SSSR count). The highest BCUT2D eigenvalue weighted by Gasteiger charge is 2.10. The molecule has 0 bridgehead atoms. The molecule has 0 aliphatic carbocycles. The fraction of sp³-hybridized carbons (Fsp3) is 0.455. The van der Waals surface area contributed by atoms with Gasteiger partial charge in [0.25, 0.3) is 0 Å². The maximum atomic E-state index is 5.78. The molecule has 0 spiro atoms. The molecule has 16 heavy (non-hydrogen) atoms. The van der Waals surface area contributed by atoms with Crippen LogP contribution >= 0.6 is 22.6 Å². The van der Waals surface area contributed by atoms with Crippen molar-refractivity contribution in [2.45, 2.75) is 19.4 Å². The molecule has 0 aliphatic heterocycles. The van der Waals surface area contributed by atoms with Crippen molar-refractivity contribution in [2.24, 2.45) is 5.73 Å². The number of hydrogen-bond donors (Lipinski definition) is 1. The molecule has 0 saturated heterocycles. The molecular weight excluding hydrogens is 340 g/mol.